The summed E-state index contributed by atoms with van der Waals surface area (Å²) in [5, 5.41) is 19.9. The third kappa shape index (κ3) is 4.60. The maximum atomic E-state index is 11.9. The normalized spacial score (nSPS) is 9.90. The Labute approximate surface area is 115 Å². The van der Waals surface area contributed by atoms with E-state index in [-0.39, 0.29) is 0 Å². The van der Waals surface area contributed by atoms with E-state index in [0.717, 1.165) is 11.1 Å². The first-order valence-electron chi connectivity index (χ1n) is 5.86. The smallest absolute Gasteiger partial charge is 0.323 e. The number of amides is 2. The standard InChI is InChI=1S/C13H16N2O5/c1-8-3-4-10(9(2)5-8)14-13(20)15(6-11(16)17)7-12(18)19/h3-5H,6-7H2,1-2H3,(H,14,20)(H,16,17)(H,18,19). The Bertz CT molecular complexity index is 526. The van der Waals surface area contributed by atoms with Gasteiger partial charge in [-0.25, -0.2) is 4.79 Å². The lowest BCUT2D eigenvalue weighted by Crippen LogP contribution is -2.42. The van der Waals surface area contributed by atoms with Gasteiger partial charge in [0.15, 0.2) is 0 Å². The number of nitrogens with zero attached hydrogens (tertiary/aromatic N) is 1. The van der Waals surface area contributed by atoms with E-state index in [1.54, 1.807) is 19.1 Å². The first kappa shape index (κ1) is 15.5. The fourth-order valence-corrected chi connectivity index (χ4v) is 1.67. The van der Waals surface area contributed by atoms with E-state index in [9.17, 15) is 14.4 Å². The molecule has 1 aromatic rings. The molecule has 20 heavy (non-hydrogen) atoms. The number of urea groups is 1. The lowest BCUT2D eigenvalue weighted by molar-refractivity contribution is -0.140. The Hall–Kier alpha value is -2.57. The van der Waals surface area contributed by atoms with Crippen LogP contribution in [0.1, 0.15) is 11.1 Å². The van der Waals surface area contributed by atoms with Crippen LogP contribution in [0.25, 0.3) is 0 Å². The lowest BCUT2D eigenvalue weighted by atomic mass is 10.1. The molecule has 2 amide bonds. The predicted octanol–water partition coefficient (Wildman–Crippen LogP) is 1.31. The quantitative estimate of drug-likeness (QED) is 0.753. The maximum absolute atomic E-state index is 11.9. The van der Waals surface area contributed by atoms with E-state index in [0.29, 0.717) is 10.6 Å². The molecule has 0 aliphatic heterocycles. The molecule has 0 bridgehead atoms. The minimum Gasteiger partial charge on any atom is -0.480 e. The molecule has 0 radical (unpaired) electrons. The number of carboxylic acids is 2. The number of aliphatic carboxylic acids is 2. The van der Waals surface area contributed by atoms with Crippen LogP contribution in [0.4, 0.5) is 10.5 Å². The highest BCUT2D eigenvalue weighted by molar-refractivity contribution is 5.93. The Morgan fingerprint density at radius 2 is 1.65 bits per heavy atom. The van der Waals surface area contributed by atoms with E-state index in [4.69, 9.17) is 10.2 Å². The van der Waals surface area contributed by atoms with Crippen LogP contribution in [0.3, 0.4) is 0 Å². The molecule has 0 atom stereocenters. The van der Waals surface area contributed by atoms with Gasteiger partial charge >= 0.3 is 18.0 Å². The molecule has 7 nitrogen and oxygen atoms in total. The second kappa shape index (κ2) is 6.55. The number of hydrogen-bond acceptors (Lipinski definition) is 3. The van der Waals surface area contributed by atoms with Gasteiger partial charge in [0, 0.05) is 5.69 Å². The first-order chi connectivity index (χ1) is 9.29. The van der Waals surface area contributed by atoms with E-state index >= 15 is 0 Å². The van der Waals surface area contributed by atoms with Gasteiger partial charge in [0.2, 0.25) is 0 Å². The average Bonchev–Trinajstić information content (AvgIpc) is 2.30. The summed E-state index contributed by atoms with van der Waals surface area (Å²) in [7, 11) is 0. The fourth-order valence-electron chi connectivity index (χ4n) is 1.67. The van der Waals surface area contributed by atoms with Gasteiger partial charge in [-0.15, -0.1) is 0 Å². The zero-order chi connectivity index (χ0) is 15.3. The molecule has 0 aromatic heterocycles. The van der Waals surface area contributed by atoms with Crippen LogP contribution in [0.2, 0.25) is 0 Å². The summed E-state index contributed by atoms with van der Waals surface area (Å²) in [4.78, 5) is 33.9. The van der Waals surface area contributed by atoms with Gasteiger partial charge < -0.3 is 20.4 Å². The number of anilines is 1. The molecule has 1 rings (SSSR count). The van der Waals surface area contributed by atoms with Crippen LogP contribution in [0.15, 0.2) is 18.2 Å². The topological polar surface area (TPSA) is 107 Å². The molecule has 0 fully saturated rings. The highest BCUT2D eigenvalue weighted by atomic mass is 16.4. The molecule has 0 unspecified atom stereocenters. The second-order valence-electron chi connectivity index (χ2n) is 4.39. The summed E-state index contributed by atoms with van der Waals surface area (Å²) in [6.45, 7) is 2.34. The highest BCUT2D eigenvalue weighted by Gasteiger charge is 2.20. The SMILES string of the molecule is Cc1ccc(NC(=O)N(CC(=O)O)CC(=O)O)c(C)c1. The minimum absolute atomic E-state index is 0.515. The number of hydrogen-bond donors (Lipinski definition) is 3. The third-order valence-electron chi connectivity index (χ3n) is 2.56. The molecule has 108 valence electrons. The summed E-state index contributed by atoms with van der Waals surface area (Å²) in [5.74, 6) is -2.55. The van der Waals surface area contributed by atoms with Gasteiger partial charge in [0.25, 0.3) is 0 Å². The van der Waals surface area contributed by atoms with Crippen molar-refractivity contribution in [3.8, 4) is 0 Å². The second-order valence-corrected chi connectivity index (χ2v) is 4.39. The van der Waals surface area contributed by atoms with Crippen molar-refractivity contribution >= 4 is 23.7 Å². The Morgan fingerprint density at radius 3 is 2.10 bits per heavy atom. The number of nitrogens with one attached hydrogen (secondary N) is 1. The Kier molecular flexibility index (Phi) is 5.08. The summed E-state index contributed by atoms with van der Waals surface area (Å²) < 4.78 is 0. The van der Waals surface area contributed by atoms with Crippen molar-refractivity contribution in [3.05, 3.63) is 29.3 Å². The van der Waals surface area contributed by atoms with Gasteiger partial charge in [-0.1, -0.05) is 17.7 Å². The Morgan fingerprint density at radius 1 is 1.10 bits per heavy atom. The van der Waals surface area contributed by atoms with Crippen molar-refractivity contribution in [3.63, 3.8) is 0 Å². The van der Waals surface area contributed by atoms with Gasteiger partial charge in [-0.2, -0.15) is 0 Å². The summed E-state index contributed by atoms with van der Waals surface area (Å²) in [5.41, 5.74) is 2.35. The largest absolute Gasteiger partial charge is 0.480 e. The van der Waals surface area contributed by atoms with Crippen LogP contribution < -0.4 is 5.32 Å². The number of carbonyl (C=O) groups excluding carboxylic acids is 1. The summed E-state index contributed by atoms with van der Waals surface area (Å²) >= 11 is 0. The van der Waals surface area contributed by atoms with Gasteiger partial charge in [0.1, 0.15) is 13.1 Å². The molecule has 1 aromatic carbocycles. The number of benzene rings is 1. The molecule has 0 saturated carbocycles. The van der Waals surface area contributed by atoms with E-state index in [1.165, 1.54) is 0 Å². The summed E-state index contributed by atoms with van der Waals surface area (Å²) in [6, 6.07) is 4.57. The van der Waals surface area contributed by atoms with Gasteiger partial charge in [-0.05, 0) is 25.5 Å². The minimum atomic E-state index is -1.28. The zero-order valence-corrected chi connectivity index (χ0v) is 11.2. The molecule has 0 aliphatic carbocycles. The zero-order valence-electron chi connectivity index (χ0n) is 11.2. The van der Waals surface area contributed by atoms with E-state index in [1.807, 2.05) is 13.0 Å². The lowest BCUT2D eigenvalue weighted by Gasteiger charge is -2.20. The maximum Gasteiger partial charge on any atom is 0.323 e. The first-order valence-corrected chi connectivity index (χ1v) is 5.86. The number of carboxylic acid groups (broad SMARTS) is 2. The van der Waals surface area contributed by atoms with Crippen LogP contribution in [-0.2, 0) is 9.59 Å². The molecular weight excluding hydrogens is 264 g/mol. The van der Waals surface area contributed by atoms with Crippen molar-refractivity contribution in [1.82, 2.24) is 4.90 Å². The van der Waals surface area contributed by atoms with Crippen LogP contribution in [0, 0.1) is 13.8 Å². The highest BCUT2D eigenvalue weighted by Crippen LogP contribution is 2.16. The Balaban J connectivity index is 2.84. The molecule has 0 heterocycles. The molecule has 3 N–H and O–H groups in total. The van der Waals surface area contributed by atoms with Crippen molar-refractivity contribution in [1.29, 1.82) is 0 Å². The fraction of sp³-hybridized carbons (Fsp3) is 0.308. The van der Waals surface area contributed by atoms with E-state index in [2.05, 4.69) is 5.32 Å². The third-order valence-corrected chi connectivity index (χ3v) is 2.56. The van der Waals surface area contributed by atoms with Crippen molar-refractivity contribution in [2.45, 2.75) is 13.8 Å². The molecule has 0 saturated heterocycles. The molecule has 0 aliphatic rings. The van der Waals surface area contributed by atoms with Crippen LogP contribution in [-0.4, -0.2) is 46.2 Å². The number of rotatable bonds is 5. The molecular formula is C13H16N2O5. The number of aryl methyl sites for hydroxylation is 2. The number of carbonyl (C=O) groups is 3. The van der Waals surface area contributed by atoms with Gasteiger partial charge in [-0.3, -0.25) is 9.59 Å². The van der Waals surface area contributed by atoms with Crippen LogP contribution >= 0.6 is 0 Å². The van der Waals surface area contributed by atoms with Crippen molar-refractivity contribution < 1.29 is 24.6 Å². The molecule has 0 spiro atoms. The monoisotopic (exact) mass is 280 g/mol. The van der Waals surface area contributed by atoms with E-state index < -0.39 is 31.1 Å². The average molecular weight is 280 g/mol. The molecule has 7 heteroatoms. The van der Waals surface area contributed by atoms with Crippen molar-refractivity contribution in [2.24, 2.45) is 0 Å². The van der Waals surface area contributed by atoms with Crippen molar-refractivity contribution in [2.75, 3.05) is 18.4 Å². The van der Waals surface area contributed by atoms with Gasteiger partial charge in [0.05, 0.1) is 0 Å². The van der Waals surface area contributed by atoms with Crippen LogP contribution in [0.5, 0.6) is 0 Å². The summed E-state index contributed by atoms with van der Waals surface area (Å²) in [6.07, 6.45) is 0. The predicted molar refractivity (Wildman–Crippen MR) is 71.8 cm³/mol.